The predicted molar refractivity (Wildman–Crippen MR) is 92.8 cm³/mol. The largest absolute Gasteiger partial charge is 0.493 e. The highest BCUT2D eigenvalue weighted by atomic mass is 16.5. The minimum absolute atomic E-state index is 0.123. The first-order valence-corrected chi connectivity index (χ1v) is 8.30. The van der Waals surface area contributed by atoms with Crippen LogP contribution in [0.3, 0.4) is 0 Å². The molecule has 2 amide bonds. The molecule has 1 fully saturated rings. The van der Waals surface area contributed by atoms with Gasteiger partial charge >= 0.3 is 6.03 Å². The number of ether oxygens (including phenoxy) is 2. The number of rotatable bonds is 5. The maximum absolute atomic E-state index is 12.3. The van der Waals surface area contributed by atoms with E-state index in [0.717, 1.165) is 18.4 Å². The Morgan fingerprint density at radius 3 is 2.67 bits per heavy atom. The Morgan fingerprint density at radius 2 is 2.04 bits per heavy atom. The summed E-state index contributed by atoms with van der Waals surface area (Å²) in [5, 5.41) is 12.7. The fourth-order valence-corrected chi connectivity index (χ4v) is 2.91. The van der Waals surface area contributed by atoms with E-state index in [1.165, 1.54) is 0 Å². The summed E-state index contributed by atoms with van der Waals surface area (Å²) in [6.07, 6.45) is 1.19. The van der Waals surface area contributed by atoms with Gasteiger partial charge in [-0.3, -0.25) is 0 Å². The lowest BCUT2D eigenvalue weighted by molar-refractivity contribution is 0.0839. The normalized spacial score (nSPS) is 18.2. The molecule has 1 atom stereocenters. The van der Waals surface area contributed by atoms with Crippen molar-refractivity contribution in [1.29, 1.82) is 0 Å². The fraction of sp³-hybridized carbons (Fsp3) is 0.611. The molecule has 1 aromatic rings. The smallest absolute Gasteiger partial charge is 0.317 e. The van der Waals surface area contributed by atoms with E-state index in [1.807, 2.05) is 18.2 Å². The summed E-state index contributed by atoms with van der Waals surface area (Å²) < 4.78 is 10.6. The highest BCUT2D eigenvalue weighted by Gasteiger charge is 2.26. The second kappa shape index (κ2) is 7.75. The van der Waals surface area contributed by atoms with Crippen molar-refractivity contribution in [3.8, 4) is 11.5 Å². The molecule has 0 radical (unpaired) electrons. The molecule has 6 heteroatoms. The van der Waals surface area contributed by atoms with E-state index in [-0.39, 0.29) is 11.4 Å². The number of carbonyl (C=O) groups excluding carboxylic acids is 1. The summed E-state index contributed by atoms with van der Waals surface area (Å²) in [6.45, 7) is 5.73. The molecule has 0 aromatic heterocycles. The number of methoxy groups -OCH3 is 2. The molecule has 134 valence electrons. The van der Waals surface area contributed by atoms with Gasteiger partial charge in [-0.25, -0.2) is 4.79 Å². The number of amides is 2. The number of aliphatic hydroxyl groups excluding tert-OH is 1. The van der Waals surface area contributed by atoms with Crippen molar-refractivity contribution in [3.05, 3.63) is 23.8 Å². The van der Waals surface area contributed by atoms with E-state index in [9.17, 15) is 9.90 Å². The highest BCUT2D eigenvalue weighted by molar-refractivity contribution is 5.74. The van der Waals surface area contributed by atoms with Crippen LogP contribution in [-0.4, -0.2) is 56.0 Å². The standard InChI is InChI=1S/C18H28N2O4/c1-18(2,13-7-8-15(23-3)16(10-13)24-4)12-19-17(22)20-9-5-6-14(21)11-20/h7-8,10,14,21H,5-6,9,11-12H2,1-4H3,(H,19,22). The number of hydrogen-bond donors (Lipinski definition) is 2. The van der Waals surface area contributed by atoms with Gasteiger partial charge in [0.2, 0.25) is 0 Å². The molecule has 1 unspecified atom stereocenters. The molecule has 0 spiro atoms. The van der Waals surface area contributed by atoms with Crippen LogP contribution in [0.5, 0.6) is 11.5 Å². The third-order valence-corrected chi connectivity index (χ3v) is 4.53. The Hall–Kier alpha value is -1.95. The molecule has 1 aromatic carbocycles. The Morgan fingerprint density at radius 1 is 1.33 bits per heavy atom. The van der Waals surface area contributed by atoms with E-state index in [1.54, 1.807) is 19.1 Å². The summed E-state index contributed by atoms with van der Waals surface area (Å²) >= 11 is 0. The van der Waals surface area contributed by atoms with Crippen LogP contribution in [0, 0.1) is 0 Å². The second-order valence-electron chi connectivity index (χ2n) is 6.85. The average molecular weight is 336 g/mol. The molecule has 24 heavy (non-hydrogen) atoms. The van der Waals surface area contributed by atoms with E-state index >= 15 is 0 Å². The summed E-state index contributed by atoms with van der Waals surface area (Å²) in [5.74, 6) is 1.36. The number of nitrogens with one attached hydrogen (secondary N) is 1. The van der Waals surface area contributed by atoms with Crippen LogP contribution in [0.4, 0.5) is 4.79 Å². The highest BCUT2D eigenvalue weighted by Crippen LogP contribution is 2.32. The summed E-state index contributed by atoms with van der Waals surface area (Å²) in [4.78, 5) is 14.0. The molecule has 0 aliphatic carbocycles. The van der Waals surface area contributed by atoms with Crippen LogP contribution in [-0.2, 0) is 5.41 Å². The first-order chi connectivity index (χ1) is 11.4. The zero-order valence-electron chi connectivity index (χ0n) is 15.0. The number of urea groups is 1. The minimum atomic E-state index is -0.414. The lowest BCUT2D eigenvalue weighted by Crippen LogP contribution is -2.49. The molecule has 1 heterocycles. The van der Waals surface area contributed by atoms with Crippen LogP contribution in [0.2, 0.25) is 0 Å². The first-order valence-electron chi connectivity index (χ1n) is 8.30. The molecule has 6 nitrogen and oxygen atoms in total. The van der Waals surface area contributed by atoms with Gasteiger partial charge in [0.15, 0.2) is 11.5 Å². The Balaban J connectivity index is 2.01. The van der Waals surface area contributed by atoms with Crippen LogP contribution in [0.15, 0.2) is 18.2 Å². The molecule has 1 aliphatic heterocycles. The van der Waals surface area contributed by atoms with Crippen LogP contribution >= 0.6 is 0 Å². The summed E-state index contributed by atoms with van der Waals surface area (Å²) in [7, 11) is 3.22. The Labute approximate surface area is 143 Å². The van der Waals surface area contributed by atoms with Gasteiger partial charge in [0.1, 0.15) is 0 Å². The van der Waals surface area contributed by atoms with Gasteiger partial charge in [-0.2, -0.15) is 0 Å². The maximum Gasteiger partial charge on any atom is 0.317 e. The van der Waals surface area contributed by atoms with Gasteiger partial charge in [-0.1, -0.05) is 19.9 Å². The number of piperidine rings is 1. The number of likely N-dealkylation sites (tertiary alicyclic amines) is 1. The Kier molecular flexibility index (Phi) is 5.94. The lowest BCUT2D eigenvalue weighted by Gasteiger charge is -2.32. The van der Waals surface area contributed by atoms with E-state index in [2.05, 4.69) is 19.2 Å². The zero-order chi connectivity index (χ0) is 17.7. The van der Waals surface area contributed by atoms with Gasteiger partial charge in [0.25, 0.3) is 0 Å². The van der Waals surface area contributed by atoms with Gasteiger partial charge in [-0.15, -0.1) is 0 Å². The van der Waals surface area contributed by atoms with Gasteiger partial charge in [-0.05, 0) is 30.5 Å². The number of hydrogen-bond acceptors (Lipinski definition) is 4. The van der Waals surface area contributed by atoms with Gasteiger partial charge < -0.3 is 24.8 Å². The molecule has 1 saturated heterocycles. The third kappa shape index (κ3) is 4.32. The molecule has 2 N–H and O–H groups in total. The van der Waals surface area contributed by atoms with Crippen molar-refractivity contribution in [2.24, 2.45) is 0 Å². The van der Waals surface area contributed by atoms with E-state index in [4.69, 9.17) is 9.47 Å². The van der Waals surface area contributed by atoms with Crippen molar-refractivity contribution >= 4 is 6.03 Å². The number of benzene rings is 1. The van der Waals surface area contributed by atoms with Crippen molar-refractivity contribution in [1.82, 2.24) is 10.2 Å². The lowest BCUT2D eigenvalue weighted by atomic mass is 9.84. The molecule has 1 aliphatic rings. The molecular weight excluding hydrogens is 308 g/mol. The summed E-state index contributed by atoms with van der Waals surface area (Å²) in [5.41, 5.74) is 0.794. The first kappa shape index (κ1) is 18.4. The molecular formula is C18H28N2O4. The van der Waals surface area contributed by atoms with Crippen molar-refractivity contribution in [3.63, 3.8) is 0 Å². The van der Waals surface area contributed by atoms with Crippen molar-refractivity contribution in [2.75, 3.05) is 33.9 Å². The molecule has 0 saturated carbocycles. The van der Waals surface area contributed by atoms with E-state index in [0.29, 0.717) is 31.1 Å². The number of β-amino-alcohol motifs (C(OH)–C–C–N with tert-alkyl or cyclic N) is 1. The van der Waals surface area contributed by atoms with Crippen molar-refractivity contribution < 1.29 is 19.4 Å². The van der Waals surface area contributed by atoms with Gasteiger partial charge in [0, 0.05) is 25.0 Å². The van der Waals surface area contributed by atoms with Crippen LogP contribution in [0.1, 0.15) is 32.3 Å². The van der Waals surface area contributed by atoms with Crippen LogP contribution < -0.4 is 14.8 Å². The topological polar surface area (TPSA) is 71.0 Å². The zero-order valence-corrected chi connectivity index (χ0v) is 15.0. The molecule has 2 rings (SSSR count). The fourth-order valence-electron chi connectivity index (χ4n) is 2.91. The summed E-state index contributed by atoms with van der Waals surface area (Å²) in [6, 6.07) is 5.68. The van der Waals surface area contributed by atoms with Crippen molar-refractivity contribution in [2.45, 2.75) is 38.2 Å². The molecule has 0 bridgehead atoms. The number of aliphatic hydroxyl groups is 1. The maximum atomic E-state index is 12.3. The minimum Gasteiger partial charge on any atom is -0.493 e. The third-order valence-electron chi connectivity index (χ3n) is 4.53. The van der Waals surface area contributed by atoms with Crippen LogP contribution in [0.25, 0.3) is 0 Å². The predicted octanol–water partition coefficient (Wildman–Crippen LogP) is 2.15. The quantitative estimate of drug-likeness (QED) is 0.864. The SMILES string of the molecule is COc1ccc(C(C)(C)CNC(=O)N2CCCC(O)C2)cc1OC. The number of nitrogens with zero attached hydrogens (tertiary/aromatic N) is 1. The second-order valence-corrected chi connectivity index (χ2v) is 6.85. The average Bonchev–Trinajstić information content (AvgIpc) is 2.59. The van der Waals surface area contributed by atoms with E-state index < -0.39 is 6.10 Å². The number of carbonyl (C=O) groups is 1. The monoisotopic (exact) mass is 336 g/mol. The van der Waals surface area contributed by atoms with Gasteiger partial charge in [0.05, 0.1) is 20.3 Å². The Bertz CT molecular complexity index is 574.